The Balaban J connectivity index is 1.58. The average molecular weight is 508 g/mol. The van der Waals surface area contributed by atoms with E-state index in [9.17, 15) is 22.8 Å². The number of benzene rings is 1. The molecule has 0 bridgehead atoms. The van der Waals surface area contributed by atoms with Gasteiger partial charge >= 0.3 is 11.9 Å². The van der Waals surface area contributed by atoms with E-state index < -0.39 is 40.0 Å². The zero-order valence-electron chi connectivity index (χ0n) is 19.5. The molecule has 0 saturated carbocycles. The van der Waals surface area contributed by atoms with E-state index in [2.05, 4.69) is 12.2 Å². The normalized spacial score (nSPS) is 15.3. The Morgan fingerprint density at radius 2 is 1.85 bits per heavy atom. The first kappa shape index (κ1) is 25.9. The van der Waals surface area contributed by atoms with E-state index in [1.807, 2.05) is 6.92 Å². The van der Waals surface area contributed by atoms with Gasteiger partial charge in [-0.15, -0.1) is 11.3 Å². The fourth-order valence-electron chi connectivity index (χ4n) is 3.72. The Kier molecular flexibility index (Phi) is 8.48. The SMILES string of the molecule is CCOC(=O)c1c(NC(=O)COC(=O)CCS(=O)(=O)c2ccc(C)cc2)sc2c1CCC(C)C2. The molecule has 1 aromatic carbocycles. The predicted octanol–water partition coefficient (Wildman–Crippen LogP) is 3.70. The minimum absolute atomic E-state index is 0.131. The molecule has 1 unspecified atom stereocenters. The number of carbonyl (C=O) groups excluding carboxylic acids is 3. The molecule has 10 heteroatoms. The van der Waals surface area contributed by atoms with Crippen LogP contribution in [0.4, 0.5) is 5.00 Å². The van der Waals surface area contributed by atoms with Crippen LogP contribution in [0.5, 0.6) is 0 Å². The van der Waals surface area contributed by atoms with Crippen molar-refractivity contribution in [1.82, 2.24) is 0 Å². The van der Waals surface area contributed by atoms with E-state index >= 15 is 0 Å². The Morgan fingerprint density at radius 3 is 2.53 bits per heavy atom. The summed E-state index contributed by atoms with van der Waals surface area (Å²) in [6.45, 7) is 5.35. The number of thiophene rings is 1. The van der Waals surface area contributed by atoms with Crippen LogP contribution in [0.15, 0.2) is 29.2 Å². The molecule has 0 radical (unpaired) electrons. The number of nitrogens with one attached hydrogen (secondary N) is 1. The predicted molar refractivity (Wildman–Crippen MR) is 129 cm³/mol. The lowest BCUT2D eigenvalue weighted by atomic mass is 9.88. The average Bonchev–Trinajstić information content (AvgIpc) is 3.13. The number of carbonyl (C=O) groups is 3. The third-order valence-electron chi connectivity index (χ3n) is 5.56. The fraction of sp³-hybridized carbons (Fsp3) is 0.458. The van der Waals surface area contributed by atoms with Crippen molar-refractivity contribution in [2.75, 3.05) is 24.3 Å². The van der Waals surface area contributed by atoms with Crippen molar-refractivity contribution in [2.45, 2.75) is 51.3 Å². The van der Waals surface area contributed by atoms with Crippen molar-refractivity contribution in [1.29, 1.82) is 0 Å². The van der Waals surface area contributed by atoms with Crippen LogP contribution in [0.25, 0.3) is 0 Å². The van der Waals surface area contributed by atoms with Crippen LogP contribution in [-0.4, -0.2) is 45.2 Å². The molecule has 1 atom stereocenters. The Hall–Kier alpha value is -2.72. The number of amides is 1. The van der Waals surface area contributed by atoms with Gasteiger partial charge in [-0.05, 0) is 56.7 Å². The summed E-state index contributed by atoms with van der Waals surface area (Å²) in [6, 6.07) is 6.35. The molecule has 1 aliphatic rings. The van der Waals surface area contributed by atoms with Gasteiger partial charge in [-0.3, -0.25) is 9.59 Å². The van der Waals surface area contributed by atoms with Gasteiger partial charge in [0.2, 0.25) is 0 Å². The second kappa shape index (κ2) is 11.1. The first-order valence-corrected chi connectivity index (χ1v) is 13.6. The van der Waals surface area contributed by atoms with Gasteiger partial charge in [0.1, 0.15) is 5.00 Å². The molecule has 2 aromatic rings. The van der Waals surface area contributed by atoms with E-state index in [-0.39, 0.29) is 17.9 Å². The van der Waals surface area contributed by atoms with Crippen molar-refractivity contribution < 1.29 is 32.3 Å². The Bertz CT molecular complexity index is 1170. The summed E-state index contributed by atoms with van der Waals surface area (Å²) in [6.07, 6.45) is 2.14. The van der Waals surface area contributed by atoms with Gasteiger partial charge in [-0.1, -0.05) is 24.6 Å². The second-order valence-corrected chi connectivity index (χ2v) is 11.6. The molecular weight excluding hydrogens is 478 g/mol. The molecule has 0 aliphatic heterocycles. The standard InChI is InChI=1S/C24H29NO7S2/c1-4-31-24(28)22-18-10-7-16(3)13-19(18)33-23(22)25-20(26)14-32-21(27)11-12-34(29,30)17-8-5-15(2)6-9-17/h5-6,8-9,16H,4,7,10-14H2,1-3H3,(H,25,26). The molecule has 1 heterocycles. The first-order valence-electron chi connectivity index (χ1n) is 11.2. The monoisotopic (exact) mass is 507 g/mol. The highest BCUT2D eigenvalue weighted by atomic mass is 32.2. The molecule has 1 aromatic heterocycles. The Labute approximate surface area is 203 Å². The highest BCUT2D eigenvalue weighted by Gasteiger charge is 2.29. The molecule has 1 N–H and O–H groups in total. The topological polar surface area (TPSA) is 116 Å². The quantitative estimate of drug-likeness (QED) is 0.515. The summed E-state index contributed by atoms with van der Waals surface area (Å²) in [5.41, 5.74) is 2.21. The maximum atomic E-state index is 12.5. The summed E-state index contributed by atoms with van der Waals surface area (Å²) in [5.74, 6) is -1.81. The van der Waals surface area contributed by atoms with Crippen LogP contribution in [0, 0.1) is 12.8 Å². The number of rotatable bonds is 9. The molecule has 34 heavy (non-hydrogen) atoms. The lowest BCUT2D eigenvalue weighted by molar-refractivity contribution is -0.146. The fourth-order valence-corrected chi connectivity index (χ4v) is 6.36. The highest BCUT2D eigenvalue weighted by molar-refractivity contribution is 7.91. The highest BCUT2D eigenvalue weighted by Crippen LogP contribution is 2.40. The van der Waals surface area contributed by atoms with Crippen molar-refractivity contribution in [2.24, 2.45) is 5.92 Å². The summed E-state index contributed by atoms with van der Waals surface area (Å²) >= 11 is 1.34. The molecule has 1 amide bonds. The minimum atomic E-state index is -3.64. The summed E-state index contributed by atoms with van der Waals surface area (Å²) < 4.78 is 34.9. The molecule has 3 rings (SSSR count). The van der Waals surface area contributed by atoms with Gasteiger partial charge < -0.3 is 14.8 Å². The van der Waals surface area contributed by atoms with E-state index in [4.69, 9.17) is 9.47 Å². The zero-order chi connectivity index (χ0) is 24.9. The number of esters is 2. The minimum Gasteiger partial charge on any atom is -0.462 e. The lowest BCUT2D eigenvalue weighted by Crippen LogP contribution is -2.23. The van der Waals surface area contributed by atoms with Gasteiger partial charge in [-0.2, -0.15) is 0 Å². The largest absolute Gasteiger partial charge is 0.462 e. The van der Waals surface area contributed by atoms with Crippen LogP contribution in [0.2, 0.25) is 0 Å². The summed E-state index contributed by atoms with van der Waals surface area (Å²) in [5, 5.41) is 3.05. The van der Waals surface area contributed by atoms with Crippen LogP contribution < -0.4 is 5.32 Å². The van der Waals surface area contributed by atoms with Crippen LogP contribution in [0.1, 0.15) is 53.1 Å². The third-order valence-corrected chi connectivity index (χ3v) is 8.47. The van der Waals surface area contributed by atoms with Crippen molar-refractivity contribution >= 4 is 44.0 Å². The van der Waals surface area contributed by atoms with Gasteiger partial charge in [0.25, 0.3) is 5.91 Å². The van der Waals surface area contributed by atoms with Crippen LogP contribution in [-0.2, 0) is 41.7 Å². The molecule has 0 spiro atoms. The van der Waals surface area contributed by atoms with Crippen molar-refractivity contribution in [3.63, 3.8) is 0 Å². The van der Waals surface area contributed by atoms with Crippen molar-refractivity contribution in [3.8, 4) is 0 Å². The van der Waals surface area contributed by atoms with Crippen LogP contribution in [0.3, 0.4) is 0 Å². The van der Waals surface area contributed by atoms with Gasteiger partial charge in [0.05, 0.1) is 29.2 Å². The summed E-state index contributed by atoms with van der Waals surface area (Å²) in [4.78, 5) is 38.2. The van der Waals surface area contributed by atoms with E-state index in [1.54, 1.807) is 19.1 Å². The number of anilines is 1. The van der Waals surface area contributed by atoms with E-state index in [0.717, 1.165) is 35.3 Å². The first-order chi connectivity index (χ1) is 16.1. The number of fused-ring (bicyclic) bond motifs is 1. The third kappa shape index (κ3) is 6.44. The smallest absolute Gasteiger partial charge is 0.341 e. The number of sulfone groups is 1. The van der Waals surface area contributed by atoms with Crippen molar-refractivity contribution in [3.05, 3.63) is 45.8 Å². The molecule has 1 aliphatic carbocycles. The molecule has 0 saturated heterocycles. The van der Waals surface area contributed by atoms with Gasteiger partial charge in [-0.25, -0.2) is 13.2 Å². The number of hydrogen-bond donors (Lipinski definition) is 1. The maximum absolute atomic E-state index is 12.5. The molecular formula is C24H29NO7S2. The Morgan fingerprint density at radius 1 is 1.15 bits per heavy atom. The molecule has 184 valence electrons. The number of hydrogen-bond acceptors (Lipinski definition) is 8. The van der Waals surface area contributed by atoms with Crippen LogP contribution >= 0.6 is 11.3 Å². The number of aryl methyl sites for hydroxylation is 1. The summed E-state index contributed by atoms with van der Waals surface area (Å²) in [7, 11) is -3.64. The zero-order valence-corrected chi connectivity index (χ0v) is 21.1. The molecule has 8 nitrogen and oxygen atoms in total. The molecule has 0 fully saturated rings. The number of ether oxygens (including phenoxy) is 2. The lowest BCUT2D eigenvalue weighted by Gasteiger charge is -2.18. The second-order valence-electron chi connectivity index (χ2n) is 8.37. The van der Waals surface area contributed by atoms with E-state index in [0.29, 0.717) is 16.5 Å². The van der Waals surface area contributed by atoms with Gasteiger partial charge in [0.15, 0.2) is 16.4 Å². The maximum Gasteiger partial charge on any atom is 0.341 e. The van der Waals surface area contributed by atoms with Gasteiger partial charge in [0, 0.05) is 4.88 Å². The van der Waals surface area contributed by atoms with E-state index in [1.165, 1.54) is 23.5 Å².